The number of aliphatic hydroxyl groups is 1. The number of hydrogen-bond acceptors (Lipinski definition) is 4. The van der Waals surface area contributed by atoms with Gasteiger partial charge in [-0.1, -0.05) is 12.1 Å². The van der Waals surface area contributed by atoms with Gasteiger partial charge in [-0.2, -0.15) is 0 Å². The molecule has 2 amide bonds. The number of benzene rings is 1. The van der Waals surface area contributed by atoms with Crippen LogP contribution in [0.2, 0.25) is 0 Å². The second-order valence-electron chi connectivity index (χ2n) is 4.50. The molecule has 2 rings (SSSR count). The third kappa shape index (κ3) is 3.59. The van der Waals surface area contributed by atoms with Crippen LogP contribution < -0.4 is 5.32 Å². The first-order valence-electron chi connectivity index (χ1n) is 6.38. The molecule has 1 aromatic rings. The molecular formula is C13H19N3O3. The highest BCUT2D eigenvalue weighted by Crippen LogP contribution is 2.21. The van der Waals surface area contributed by atoms with Gasteiger partial charge in [0.15, 0.2) is 0 Å². The van der Waals surface area contributed by atoms with Crippen molar-refractivity contribution >= 4 is 11.7 Å². The van der Waals surface area contributed by atoms with Crippen LogP contribution in [0.4, 0.5) is 10.5 Å². The molecule has 0 saturated carbocycles. The Kier molecular flexibility index (Phi) is 4.59. The van der Waals surface area contributed by atoms with Gasteiger partial charge in [-0.25, -0.2) is 4.79 Å². The molecule has 1 fully saturated rings. The number of urea groups is 1. The molecule has 0 aliphatic carbocycles. The number of β-amino-alcohol motifs (C(OH)–C–C–N with tert-alkyl or cyclic N) is 1. The van der Waals surface area contributed by atoms with Crippen molar-refractivity contribution in [2.24, 2.45) is 0 Å². The predicted octanol–water partition coefficient (Wildman–Crippen LogP) is 0.534. The summed E-state index contributed by atoms with van der Waals surface area (Å²) in [6.45, 7) is 3.56. The zero-order chi connectivity index (χ0) is 13.7. The summed E-state index contributed by atoms with van der Waals surface area (Å²) in [7, 11) is 0. The molecule has 104 valence electrons. The summed E-state index contributed by atoms with van der Waals surface area (Å²) in [5, 5.41) is 21.2. The molecule has 1 saturated heterocycles. The third-order valence-electron chi connectivity index (χ3n) is 3.22. The maximum Gasteiger partial charge on any atom is 0.322 e. The first kappa shape index (κ1) is 13.6. The van der Waals surface area contributed by atoms with Crippen molar-refractivity contribution in [3.63, 3.8) is 0 Å². The molecule has 19 heavy (non-hydrogen) atoms. The van der Waals surface area contributed by atoms with Crippen LogP contribution in [0.1, 0.15) is 0 Å². The van der Waals surface area contributed by atoms with E-state index in [9.17, 15) is 9.90 Å². The second kappa shape index (κ2) is 6.40. The fourth-order valence-electron chi connectivity index (χ4n) is 2.09. The number of hydrogen-bond donors (Lipinski definition) is 3. The summed E-state index contributed by atoms with van der Waals surface area (Å²) in [5.41, 5.74) is 0.422. The Hall–Kier alpha value is -1.79. The zero-order valence-electron chi connectivity index (χ0n) is 10.7. The molecule has 0 radical (unpaired) electrons. The van der Waals surface area contributed by atoms with E-state index in [0.717, 1.165) is 13.1 Å². The molecule has 0 aromatic heterocycles. The molecule has 1 aromatic carbocycles. The van der Waals surface area contributed by atoms with Gasteiger partial charge in [0, 0.05) is 32.7 Å². The van der Waals surface area contributed by atoms with Crippen molar-refractivity contribution in [1.29, 1.82) is 0 Å². The average molecular weight is 265 g/mol. The number of phenolic OH excluding ortho intramolecular Hbond substituents is 1. The maximum atomic E-state index is 12.0. The van der Waals surface area contributed by atoms with Crippen molar-refractivity contribution < 1.29 is 15.0 Å². The van der Waals surface area contributed by atoms with Crippen molar-refractivity contribution in [3.05, 3.63) is 24.3 Å². The Balaban J connectivity index is 1.87. The fraction of sp³-hybridized carbons (Fsp3) is 0.462. The Morgan fingerprint density at radius 1 is 1.21 bits per heavy atom. The van der Waals surface area contributed by atoms with Gasteiger partial charge in [0.2, 0.25) is 0 Å². The summed E-state index contributed by atoms with van der Waals surface area (Å²) in [6.07, 6.45) is 0. The van der Waals surface area contributed by atoms with Gasteiger partial charge in [0.1, 0.15) is 5.75 Å². The predicted molar refractivity (Wildman–Crippen MR) is 72.2 cm³/mol. The van der Waals surface area contributed by atoms with Crippen LogP contribution in [0.5, 0.6) is 5.75 Å². The second-order valence-corrected chi connectivity index (χ2v) is 4.50. The molecule has 0 unspecified atom stereocenters. The Bertz CT molecular complexity index is 431. The summed E-state index contributed by atoms with van der Waals surface area (Å²) in [4.78, 5) is 15.8. The molecule has 6 heteroatoms. The Labute approximate surface area is 112 Å². The number of piperazine rings is 1. The van der Waals surface area contributed by atoms with E-state index in [0.29, 0.717) is 25.3 Å². The normalized spacial score (nSPS) is 16.4. The summed E-state index contributed by atoms with van der Waals surface area (Å²) < 4.78 is 0. The molecule has 0 spiro atoms. The monoisotopic (exact) mass is 265 g/mol. The number of aromatic hydroxyl groups is 1. The van der Waals surface area contributed by atoms with E-state index in [-0.39, 0.29) is 18.4 Å². The highest BCUT2D eigenvalue weighted by Gasteiger charge is 2.21. The van der Waals surface area contributed by atoms with Crippen LogP contribution in [0.3, 0.4) is 0 Å². The van der Waals surface area contributed by atoms with Crippen LogP contribution in [0.25, 0.3) is 0 Å². The van der Waals surface area contributed by atoms with Gasteiger partial charge in [-0.05, 0) is 12.1 Å². The van der Waals surface area contributed by atoms with E-state index in [1.165, 1.54) is 6.07 Å². The molecule has 1 aliphatic heterocycles. The van der Waals surface area contributed by atoms with Crippen LogP contribution in [0, 0.1) is 0 Å². The van der Waals surface area contributed by atoms with E-state index in [1.54, 1.807) is 23.1 Å². The van der Waals surface area contributed by atoms with Crippen LogP contribution in [0.15, 0.2) is 24.3 Å². The molecule has 6 nitrogen and oxygen atoms in total. The first-order valence-corrected chi connectivity index (χ1v) is 6.38. The van der Waals surface area contributed by atoms with E-state index in [4.69, 9.17) is 5.11 Å². The van der Waals surface area contributed by atoms with Gasteiger partial charge in [-0.3, -0.25) is 4.90 Å². The fourth-order valence-corrected chi connectivity index (χ4v) is 2.09. The zero-order valence-corrected chi connectivity index (χ0v) is 10.7. The van der Waals surface area contributed by atoms with Gasteiger partial charge >= 0.3 is 6.03 Å². The molecular weight excluding hydrogens is 246 g/mol. The molecule has 0 bridgehead atoms. The van der Waals surface area contributed by atoms with Crippen LogP contribution >= 0.6 is 0 Å². The summed E-state index contributed by atoms with van der Waals surface area (Å²) in [5.74, 6) is 0.0646. The largest absolute Gasteiger partial charge is 0.506 e. The lowest BCUT2D eigenvalue weighted by atomic mass is 10.3. The van der Waals surface area contributed by atoms with Gasteiger partial charge in [0.25, 0.3) is 0 Å². The third-order valence-corrected chi connectivity index (χ3v) is 3.22. The number of nitrogens with one attached hydrogen (secondary N) is 1. The number of nitrogens with zero attached hydrogens (tertiary/aromatic N) is 2. The van der Waals surface area contributed by atoms with Crippen molar-refractivity contribution in [2.75, 3.05) is 44.6 Å². The van der Waals surface area contributed by atoms with E-state index in [2.05, 4.69) is 10.2 Å². The number of anilines is 1. The topological polar surface area (TPSA) is 76.0 Å². The average Bonchev–Trinajstić information content (AvgIpc) is 2.42. The lowest BCUT2D eigenvalue weighted by Crippen LogP contribution is -2.50. The van der Waals surface area contributed by atoms with Gasteiger partial charge in [-0.15, -0.1) is 0 Å². The number of carbonyl (C=O) groups is 1. The number of amides is 2. The number of aliphatic hydroxyl groups excluding tert-OH is 1. The minimum absolute atomic E-state index is 0.0646. The highest BCUT2D eigenvalue weighted by molar-refractivity contribution is 5.90. The van der Waals surface area contributed by atoms with Crippen molar-refractivity contribution in [2.45, 2.75) is 0 Å². The maximum absolute atomic E-state index is 12.0. The Morgan fingerprint density at radius 3 is 2.53 bits per heavy atom. The number of para-hydroxylation sites is 2. The minimum Gasteiger partial charge on any atom is -0.506 e. The smallest absolute Gasteiger partial charge is 0.322 e. The highest BCUT2D eigenvalue weighted by atomic mass is 16.3. The molecule has 3 N–H and O–H groups in total. The number of phenols is 1. The molecule has 0 atom stereocenters. The Morgan fingerprint density at radius 2 is 1.89 bits per heavy atom. The van der Waals surface area contributed by atoms with Crippen molar-refractivity contribution in [1.82, 2.24) is 9.80 Å². The number of rotatable bonds is 3. The standard InChI is InChI=1S/C13H19N3O3/c17-10-9-15-5-7-16(8-6-15)13(19)14-11-3-1-2-4-12(11)18/h1-4,17-18H,5-10H2,(H,14,19). The number of carbonyl (C=O) groups excluding carboxylic acids is 1. The van der Waals surface area contributed by atoms with E-state index in [1.807, 2.05) is 0 Å². The van der Waals surface area contributed by atoms with Gasteiger partial charge < -0.3 is 20.4 Å². The lowest BCUT2D eigenvalue weighted by Gasteiger charge is -2.34. The van der Waals surface area contributed by atoms with E-state index < -0.39 is 0 Å². The van der Waals surface area contributed by atoms with Crippen LogP contribution in [-0.2, 0) is 0 Å². The van der Waals surface area contributed by atoms with E-state index >= 15 is 0 Å². The first-order chi connectivity index (χ1) is 9.20. The summed E-state index contributed by atoms with van der Waals surface area (Å²) >= 11 is 0. The SMILES string of the molecule is O=C(Nc1ccccc1O)N1CCN(CCO)CC1. The quantitative estimate of drug-likeness (QED) is 0.697. The summed E-state index contributed by atoms with van der Waals surface area (Å²) in [6, 6.07) is 6.46. The lowest BCUT2D eigenvalue weighted by molar-refractivity contribution is 0.127. The molecule has 1 heterocycles. The van der Waals surface area contributed by atoms with Crippen LogP contribution in [-0.4, -0.2) is 65.4 Å². The molecule has 1 aliphatic rings. The van der Waals surface area contributed by atoms with Crippen molar-refractivity contribution in [3.8, 4) is 5.75 Å². The van der Waals surface area contributed by atoms with Gasteiger partial charge in [0.05, 0.1) is 12.3 Å². The minimum atomic E-state index is -0.204.